The molecule has 0 aliphatic carbocycles. The number of H-pyrrole nitrogens is 1. The van der Waals surface area contributed by atoms with Gasteiger partial charge in [0.1, 0.15) is 0 Å². The van der Waals surface area contributed by atoms with Crippen molar-refractivity contribution in [2.75, 3.05) is 13.2 Å². The fourth-order valence-electron chi connectivity index (χ4n) is 2.77. The highest BCUT2D eigenvalue weighted by molar-refractivity contribution is 9.10. The van der Waals surface area contributed by atoms with E-state index in [4.69, 9.17) is 9.47 Å². The summed E-state index contributed by atoms with van der Waals surface area (Å²) >= 11 is 3.41. The number of aromatic nitrogens is 1. The number of benzene rings is 1. The number of halogens is 1. The van der Waals surface area contributed by atoms with Crippen LogP contribution in [0.1, 0.15) is 26.3 Å². The summed E-state index contributed by atoms with van der Waals surface area (Å²) in [4.78, 5) is 40.3. The van der Waals surface area contributed by atoms with Gasteiger partial charge in [0.25, 0.3) is 0 Å². The van der Waals surface area contributed by atoms with Gasteiger partial charge in [0, 0.05) is 34.9 Å². The van der Waals surface area contributed by atoms with Crippen molar-refractivity contribution in [1.82, 2.24) is 10.3 Å². The van der Waals surface area contributed by atoms with Crippen LogP contribution in [0.4, 0.5) is 0 Å². The van der Waals surface area contributed by atoms with Crippen molar-refractivity contribution in [3.05, 3.63) is 34.4 Å². The van der Waals surface area contributed by atoms with Crippen LogP contribution in [-0.2, 0) is 30.3 Å². The van der Waals surface area contributed by atoms with Crippen LogP contribution in [-0.4, -0.2) is 41.6 Å². The molecule has 26 heavy (non-hydrogen) atoms. The lowest BCUT2D eigenvalue weighted by Crippen LogP contribution is -2.62. The Morgan fingerprint density at radius 2 is 1.77 bits per heavy atom. The summed E-state index contributed by atoms with van der Waals surface area (Å²) in [5.74, 6) is -2.23. The van der Waals surface area contributed by atoms with Crippen molar-refractivity contribution in [2.24, 2.45) is 0 Å². The van der Waals surface area contributed by atoms with E-state index in [0.29, 0.717) is 5.56 Å². The van der Waals surface area contributed by atoms with Crippen LogP contribution in [0.15, 0.2) is 28.9 Å². The number of hydrogen-bond donors (Lipinski definition) is 2. The van der Waals surface area contributed by atoms with Gasteiger partial charge >= 0.3 is 11.9 Å². The Morgan fingerprint density at radius 3 is 2.31 bits per heavy atom. The van der Waals surface area contributed by atoms with Crippen LogP contribution in [0.3, 0.4) is 0 Å². The molecular formula is C18H21BrN2O5. The molecule has 1 aromatic carbocycles. The average Bonchev–Trinajstić information content (AvgIpc) is 2.96. The molecule has 0 spiro atoms. The van der Waals surface area contributed by atoms with Gasteiger partial charge in [-0.05, 0) is 37.6 Å². The van der Waals surface area contributed by atoms with E-state index in [0.717, 1.165) is 15.4 Å². The van der Waals surface area contributed by atoms with Gasteiger partial charge in [0.15, 0.2) is 0 Å². The SMILES string of the molecule is CCOC(=O)C(Cc1c[nH]c2ccc(Br)cc12)(NC(C)=O)C(=O)OCC. The summed E-state index contributed by atoms with van der Waals surface area (Å²) in [5.41, 5.74) is -0.432. The highest BCUT2D eigenvalue weighted by atomic mass is 79.9. The fourth-order valence-corrected chi connectivity index (χ4v) is 3.13. The van der Waals surface area contributed by atoms with Crippen LogP contribution < -0.4 is 5.32 Å². The molecule has 2 N–H and O–H groups in total. The molecule has 0 atom stereocenters. The zero-order valence-electron chi connectivity index (χ0n) is 14.8. The minimum atomic E-state index is -1.95. The number of aromatic amines is 1. The summed E-state index contributed by atoms with van der Waals surface area (Å²) in [7, 11) is 0. The fraction of sp³-hybridized carbons (Fsp3) is 0.389. The smallest absolute Gasteiger partial charge is 0.344 e. The first kappa shape index (κ1) is 20.0. The van der Waals surface area contributed by atoms with Gasteiger partial charge in [-0.15, -0.1) is 0 Å². The molecule has 8 heteroatoms. The van der Waals surface area contributed by atoms with Crippen molar-refractivity contribution in [3.63, 3.8) is 0 Å². The van der Waals surface area contributed by atoms with Crippen molar-refractivity contribution < 1.29 is 23.9 Å². The number of ether oxygens (including phenoxy) is 2. The van der Waals surface area contributed by atoms with Crippen LogP contribution in [0, 0.1) is 0 Å². The van der Waals surface area contributed by atoms with Gasteiger partial charge in [-0.2, -0.15) is 0 Å². The van der Waals surface area contributed by atoms with Gasteiger partial charge in [-0.3, -0.25) is 4.79 Å². The Labute approximate surface area is 159 Å². The quantitative estimate of drug-likeness (QED) is 0.525. The molecule has 0 bridgehead atoms. The Morgan fingerprint density at radius 1 is 1.15 bits per heavy atom. The number of fused-ring (bicyclic) bond motifs is 1. The largest absolute Gasteiger partial charge is 0.464 e. The van der Waals surface area contributed by atoms with Crippen LogP contribution in [0.5, 0.6) is 0 Å². The summed E-state index contributed by atoms with van der Waals surface area (Å²) in [6.07, 6.45) is 1.60. The van der Waals surface area contributed by atoms with Crippen LogP contribution in [0.25, 0.3) is 10.9 Å². The second-order valence-corrected chi connectivity index (χ2v) is 6.62. The number of rotatable bonds is 7. The van der Waals surface area contributed by atoms with Crippen molar-refractivity contribution in [1.29, 1.82) is 0 Å². The number of nitrogens with one attached hydrogen (secondary N) is 2. The van der Waals surface area contributed by atoms with Gasteiger partial charge in [0.2, 0.25) is 11.4 Å². The molecule has 0 fully saturated rings. The van der Waals surface area contributed by atoms with Crippen LogP contribution in [0.2, 0.25) is 0 Å². The topological polar surface area (TPSA) is 97.5 Å². The maximum absolute atomic E-state index is 12.7. The minimum absolute atomic E-state index is 0.0685. The van der Waals surface area contributed by atoms with Gasteiger partial charge in [0.05, 0.1) is 13.2 Å². The Hall–Kier alpha value is -2.35. The van der Waals surface area contributed by atoms with E-state index in [1.807, 2.05) is 18.2 Å². The molecule has 0 aliphatic heterocycles. The number of carbonyl (C=O) groups is 3. The van der Waals surface area contributed by atoms with Crippen LogP contribution >= 0.6 is 15.9 Å². The van der Waals surface area contributed by atoms with Crippen molar-refractivity contribution in [3.8, 4) is 0 Å². The number of amides is 1. The number of hydrogen-bond acceptors (Lipinski definition) is 5. The standard InChI is InChI=1S/C18H21BrN2O5/c1-4-25-16(23)18(21-11(3)22,17(24)26-5-2)9-12-10-20-15-7-6-13(19)8-14(12)15/h6-8,10,20H,4-5,9H2,1-3H3,(H,21,22). The first-order chi connectivity index (χ1) is 12.3. The van der Waals surface area contributed by atoms with E-state index in [-0.39, 0.29) is 19.6 Å². The van der Waals surface area contributed by atoms with E-state index < -0.39 is 23.4 Å². The lowest BCUT2D eigenvalue weighted by molar-refractivity contribution is -0.167. The second-order valence-electron chi connectivity index (χ2n) is 5.71. The average molecular weight is 425 g/mol. The Bertz CT molecular complexity index is 812. The zero-order valence-corrected chi connectivity index (χ0v) is 16.4. The molecule has 1 aromatic heterocycles. The third-order valence-electron chi connectivity index (χ3n) is 3.82. The lowest BCUT2D eigenvalue weighted by Gasteiger charge is -2.29. The minimum Gasteiger partial charge on any atom is -0.464 e. The monoisotopic (exact) mass is 424 g/mol. The van der Waals surface area contributed by atoms with Gasteiger partial charge < -0.3 is 19.8 Å². The molecule has 0 unspecified atom stereocenters. The lowest BCUT2D eigenvalue weighted by atomic mass is 9.90. The highest BCUT2D eigenvalue weighted by Gasteiger charge is 2.50. The summed E-state index contributed by atoms with van der Waals surface area (Å²) < 4.78 is 11.0. The molecule has 1 heterocycles. The zero-order chi connectivity index (χ0) is 19.3. The normalized spacial score (nSPS) is 11.2. The van der Waals surface area contributed by atoms with E-state index in [2.05, 4.69) is 26.2 Å². The van der Waals surface area contributed by atoms with E-state index in [1.54, 1.807) is 20.0 Å². The first-order valence-corrected chi connectivity index (χ1v) is 9.02. The van der Waals surface area contributed by atoms with Gasteiger partial charge in [-0.25, -0.2) is 9.59 Å². The van der Waals surface area contributed by atoms with Crippen molar-refractivity contribution in [2.45, 2.75) is 32.7 Å². The number of esters is 2. The maximum atomic E-state index is 12.7. The predicted octanol–water partition coefficient (Wildman–Crippen LogP) is 2.47. The molecule has 0 aliphatic rings. The van der Waals surface area contributed by atoms with Crippen molar-refractivity contribution >= 4 is 44.7 Å². The Kier molecular flexibility index (Phi) is 6.42. The summed E-state index contributed by atoms with van der Waals surface area (Å²) in [6.45, 7) is 4.63. The molecule has 0 saturated heterocycles. The molecule has 0 saturated carbocycles. The summed E-state index contributed by atoms with van der Waals surface area (Å²) in [5, 5.41) is 3.29. The summed E-state index contributed by atoms with van der Waals surface area (Å²) in [6, 6.07) is 5.62. The van der Waals surface area contributed by atoms with Gasteiger partial charge in [-0.1, -0.05) is 15.9 Å². The van der Waals surface area contributed by atoms with E-state index in [9.17, 15) is 14.4 Å². The molecular weight excluding hydrogens is 404 g/mol. The predicted molar refractivity (Wildman–Crippen MR) is 99.5 cm³/mol. The maximum Gasteiger partial charge on any atom is 0.344 e. The van der Waals surface area contributed by atoms with E-state index >= 15 is 0 Å². The highest BCUT2D eigenvalue weighted by Crippen LogP contribution is 2.27. The molecule has 1 amide bonds. The first-order valence-electron chi connectivity index (χ1n) is 8.22. The second kappa shape index (κ2) is 8.35. The number of carbonyl (C=O) groups excluding carboxylic acids is 3. The van der Waals surface area contributed by atoms with E-state index in [1.165, 1.54) is 6.92 Å². The molecule has 0 radical (unpaired) electrons. The molecule has 140 valence electrons. The molecule has 2 aromatic rings. The third-order valence-corrected chi connectivity index (χ3v) is 4.32. The molecule has 2 rings (SSSR count). The third kappa shape index (κ3) is 4.07. The molecule has 7 nitrogen and oxygen atoms in total. The Balaban J connectivity index is 2.56.